The molecule has 0 radical (unpaired) electrons. The van der Waals surface area contributed by atoms with Crippen LogP contribution in [0.5, 0.6) is 0 Å². The van der Waals surface area contributed by atoms with Crippen molar-refractivity contribution in [2.45, 2.75) is 0 Å². The fourth-order valence-corrected chi connectivity index (χ4v) is 8.05. The maximum Gasteiger partial charge on any atom is 0.0462 e. The van der Waals surface area contributed by atoms with Crippen LogP contribution >= 0.6 is 0 Å². The van der Waals surface area contributed by atoms with Gasteiger partial charge < -0.3 is 4.90 Å². The van der Waals surface area contributed by atoms with Gasteiger partial charge in [-0.05, 0) is 125 Å². The molecule has 248 valence electrons. The summed E-state index contributed by atoms with van der Waals surface area (Å²) in [6, 6.07) is 77.1. The predicted octanol–water partition coefficient (Wildman–Crippen LogP) is 14.8. The fourth-order valence-electron chi connectivity index (χ4n) is 8.05. The van der Waals surface area contributed by atoms with Gasteiger partial charge >= 0.3 is 0 Å². The molecule has 0 saturated heterocycles. The van der Waals surface area contributed by atoms with Crippen LogP contribution in [0.4, 0.5) is 17.1 Å². The number of hydrogen-bond donors (Lipinski definition) is 0. The summed E-state index contributed by atoms with van der Waals surface area (Å²) in [6.45, 7) is 0. The van der Waals surface area contributed by atoms with E-state index in [4.69, 9.17) is 0 Å². The van der Waals surface area contributed by atoms with E-state index in [9.17, 15) is 0 Å². The molecule has 0 unspecified atom stereocenters. The second-order valence-corrected chi connectivity index (χ2v) is 13.7. The highest BCUT2D eigenvalue weighted by atomic mass is 15.1. The number of para-hydroxylation sites is 1. The molecular formula is C52H35N. The quantitative estimate of drug-likeness (QED) is 0.159. The number of hydrogen-bond acceptors (Lipinski definition) is 1. The summed E-state index contributed by atoms with van der Waals surface area (Å²) >= 11 is 0. The van der Waals surface area contributed by atoms with Crippen LogP contribution in [0.1, 0.15) is 0 Å². The summed E-state index contributed by atoms with van der Waals surface area (Å²) in [4.78, 5) is 2.33. The average molecular weight is 674 g/mol. The lowest BCUT2D eigenvalue weighted by atomic mass is 9.92. The molecule has 0 fully saturated rings. The molecule has 0 bridgehead atoms. The second kappa shape index (κ2) is 13.0. The highest BCUT2D eigenvalue weighted by Gasteiger charge is 2.15. The van der Waals surface area contributed by atoms with Gasteiger partial charge in [0.25, 0.3) is 0 Å². The third kappa shape index (κ3) is 5.51. The van der Waals surface area contributed by atoms with Crippen molar-refractivity contribution in [2.75, 3.05) is 4.90 Å². The van der Waals surface area contributed by atoms with E-state index in [1.54, 1.807) is 0 Å². The Kier molecular flexibility index (Phi) is 7.55. The SMILES string of the molecule is c1ccc(N(c2ccc(-c3ccc(-c4cc5ccccc5c5ccccc45)cc3)cc2)c2ccc(-c3cc4ccccc4c4ccccc34)cc2)cc1. The smallest absolute Gasteiger partial charge is 0.0462 e. The van der Waals surface area contributed by atoms with Crippen molar-refractivity contribution in [3.63, 3.8) is 0 Å². The third-order valence-corrected chi connectivity index (χ3v) is 10.6. The van der Waals surface area contributed by atoms with E-state index in [2.05, 4.69) is 217 Å². The zero-order valence-electron chi connectivity index (χ0n) is 29.2. The molecule has 1 heteroatoms. The molecule has 10 aromatic rings. The first-order valence-corrected chi connectivity index (χ1v) is 18.3. The first-order valence-electron chi connectivity index (χ1n) is 18.3. The van der Waals surface area contributed by atoms with Gasteiger partial charge in [-0.25, -0.2) is 0 Å². The van der Waals surface area contributed by atoms with E-state index in [-0.39, 0.29) is 0 Å². The first-order chi connectivity index (χ1) is 26.3. The summed E-state index contributed by atoms with van der Waals surface area (Å²) in [5, 5.41) is 10.2. The largest absolute Gasteiger partial charge is 0.311 e. The molecule has 53 heavy (non-hydrogen) atoms. The van der Waals surface area contributed by atoms with Crippen molar-refractivity contribution >= 4 is 60.2 Å². The number of rotatable bonds is 6. The molecule has 1 nitrogen and oxygen atoms in total. The minimum atomic E-state index is 1.11. The summed E-state index contributed by atoms with van der Waals surface area (Å²) < 4.78 is 0. The molecule has 0 aliphatic heterocycles. The molecule has 0 aliphatic carbocycles. The van der Waals surface area contributed by atoms with Gasteiger partial charge in [0, 0.05) is 17.1 Å². The van der Waals surface area contributed by atoms with Crippen LogP contribution in [0, 0.1) is 0 Å². The number of anilines is 3. The summed E-state index contributed by atoms with van der Waals surface area (Å²) in [5.74, 6) is 0. The number of fused-ring (bicyclic) bond motifs is 6. The van der Waals surface area contributed by atoms with Crippen LogP contribution in [-0.2, 0) is 0 Å². The van der Waals surface area contributed by atoms with Crippen LogP contribution in [0.2, 0.25) is 0 Å². The van der Waals surface area contributed by atoms with Crippen LogP contribution in [0.3, 0.4) is 0 Å². The maximum atomic E-state index is 2.33. The Balaban J connectivity index is 0.983. The third-order valence-electron chi connectivity index (χ3n) is 10.6. The minimum Gasteiger partial charge on any atom is -0.311 e. The highest BCUT2D eigenvalue weighted by Crippen LogP contribution is 2.40. The minimum absolute atomic E-state index is 1.11. The van der Waals surface area contributed by atoms with E-state index < -0.39 is 0 Å². The molecular weight excluding hydrogens is 639 g/mol. The van der Waals surface area contributed by atoms with Crippen molar-refractivity contribution in [2.24, 2.45) is 0 Å². The summed E-state index contributed by atoms with van der Waals surface area (Å²) in [5.41, 5.74) is 10.7. The molecule has 0 heterocycles. The van der Waals surface area contributed by atoms with Gasteiger partial charge in [0.1, 0.15) is 0 Å². The van der Waals surface area contributed by atoms with E-state index in [0.29, 0.717) is 0 Å². The highest BCUT2D eigenvalue weighted by molar-refractivity contribution is 6.15. The van der Waals surface area contributed by atoms with Crippen LogP contribution in [0.15, 0.2) is 212 Å². The lowest BCUT2D eigenvalue weighted by Crippen LogP contribution is -2.09. The Morgan fingerprint density at radius 1 is 0.226 bits per heavy atom. The normalized spacial score (nSPS) is 11.4. The molecule has 0 saturated carbocycles. The van der Waals surface area contributed by atoms with Gasteiger partial charge in [0.2, 0.25) is 0 Å². The fraction of sp³-hybridized carbons (Fsp3) is 0. The predicted molar refractivity (Wildman–Crippen MR) is 227 cm³/mol. The molecule has 0 aromatic heterocycles. The van der Waals surface area contributed by atoms with E-state index in [1.807, 2.05) is 0 Å². The Morgan fingerprint density at radius 2 is 0.547 bits per heavy atom. The van der Waals surface area contributed by atoms with Crippen molar-refractivity contribution in [3.8, 4) is 33.4 Å². The summed E-state index contributed by atoms with van der Waals surface area (Å²) in [7, 11) is 0. The zero-order valence-corrected chi connectivity index (χ0v) is 29.2. The Bertz CT molecular complexity index is 2910. The van der Waals surface area contributed by atoms with Gasteiger partial charge in [-0.15, -0.1) is 0 Å². The Morgan fingerprint density at radius 3 is 1.02 bits per heavy atom. The monoisotopic (exact) mass is 673 g/mol. The average Bonchev–Trinajstić information content (AvgIpc) is 3.24. The van der Waals surface area contributed by atoms with Crippen LogP contribution in [0.25, 0.3) is 76.5 Å². The Hall–Kier alpha value is -6.96. The molecule has 0 N–H and O–H groups in total. The van der Waals surface area contributed by atoms with Gasteiger partial charge in [0.05, 0.1) is 0 Å². The molecule has 0 amide bonds. The van der Waals surface area contributed by atoms with Crippen molar-refractivity contribution in [1.82, 2.24) is 0 Å². The van der Waals surface area contributed by atoms with E-state index >= 15 is 0 Å². The number of benzene rings is 10. The lowest BCUT2D eigenvalue weighted by Gasteiger charge is -2.26. The maximum absolute atomic E-state index is 2.33. The topological polar surface area (TPSA) is 3.24 Å². The summed E-state index contributed by atoms with van der Waals surface area (Å²) in [6.07, 6.45) is 0. The molecule has 0 atom stereocenters. The lowest BCUT2D eigenvalue weighted by molar-refractivity contribution is 1.28. The molecule has 0 spiro atoms. The molecule has 10 rings (SSSR count). The van der Waals surface area contributed by atoms with E-state index in [0.717, 1.165) is 17.1 Å². The Labute approximate surface area is 309 Å². The first kappa shape index (κ1) is 30.8. The van der Waals surface area contributed by atoms with Gasteiger partial charge in [0.15, 0.2) is 0 Å². The standard InChI is InChI=1S/C52H35N/c1-2-14-42(15-3-1)53(44-32-28-39(29-33-44)52-35-41-13-5-7-17-46(41)48-19-9-11-21-50(48)52)43-30-26-37(27-31-43)36-22-24-38(25-23-36)51-34-40-12-4-6-16-45(40)47-18-8-10-20-49(47)51/h1-35H. The van der Waals surface area contributed by atoms with Gasteiger partial charge in [-0.1, -0.05) is 164 Å². The van der Waals surface area contributed by atoms with Crippen molar-refractivity contribution in [3.05, 3.63) is 212 Å². The van der Waals surface area contributed by atoms with Crippen LogP contribution in [-0.4, -0.2) is 0 Å². The van der Waals surface area contributed by atoms with E-state index in [1.165, 1.54) is 76.5 Å². The molecule has 0 aliphatic rings. The van der Waals surface area contributed by atoms with Gasteiger partial charge in [-0.2, -0.15) is 0 Å². The van der Waals surface area contributed by atoms with Crippen molar-refractivity contribution in [1.29, 1.82) is 0 Å². The van der Waals surface area contributed by atoms with Crippen molar-refractivity contribution < 1.29 is 0 Å². The van der Waals surface area contributed by atoms with Gasteiger partial charge in [-0.3, -0.25) is 0 Å². The molecule has 10 aromatic carbocycles. The number of nitrogens with zero attached hydrogens (tertiary/aromatic N) is 1. The second-order valence-electron chi connectivity index (χ2n) is 13.7. The zero-order chi connectivity index (χ0) is 35.1. The van der Waals surface area contributed by atoms with Crippen LogP contribution < -0.4 is 4.90 Å².